The van der Waals surface area contributed by atoms with Gasteiger partial charge in [0, 0.05) is 29.5 Å². The third-order valence-electron chi connectivity index (χ3n) is 6.37. The normalized spacial score (nSPS) is 21.8. The maximum atomic E-state index is 12.4. The number of carboxylic acids is 1. The Bertz CT molecular complexity index is 1020. The number of amides is 1. The molecular weight excluding hydrogens is 386 g/mol. The number of carbonyl (C=O) groups excluding carboxylic acids is 2. The largest absolute Gasteiger partial charge is 0.550 e. The number of ether oxygens (including phenoxy) is 1. The summed E-state index contributed by atoms with van der Waals surface area (Å²) in [6, 6.07) is 5.35. The Morgan fingerprint density at radius 3 is 2.67 bits per heavy atom. The van der Waals surface area contributed by atoms with Gasteiger partial charge in [0.1, 0.15) is 11.3 Å². The molecule has 4 rings (SSSR count). The van der Waals surface area contributed by atoms with Gasteiger partial charge in [0.15, 0.2) is 6.10 Å². The summed E-state index contributed by atoms with van der Waals surface area (Å²) in [7, 11) is 0. The smallest absolute Gasteiger partial charge is 0.339 e. The summed E-state index contributed by atoms with van der Waals surface area (Å²) >= 11 is 0. The second-order valence-corrected chi connectivity index (χ2v) is 8.40. The maximum Gasteiger partial charge on any atom is 0.339 e. The van der Waals surface area contributed by atoms with Crippen LogP contribution in [0.3, 0.4) is 0 Å². The number of carbonyl (C=O) groups is 2. The van der Waals surface area contributed by atoms with E-state index in [-0.39, 0.29) is 23.4 Å². The molecule has 1 aromatic heterocycles. The molecule has 0 aliphatic heterocycles. The highest BCUT2D eigenvalue weighted by Gasteiger charge is 2.24. The lowest BCUT2D eigenvalue weighted by molar-refractivity contribution is -0.312. The third kappa shape index (κ3) is 4.20. The first-order chi connectivity index (χ1) is 14.4. The lowest BCUT2D eigenvalue weighted by atomic mass is 9.82. The van der Waals surface area contributed by atoms with Crippen LogP contribution in [0.15, 0.2) is 27.4 Å². The van der Waals surface area contributed by atoms with E-state index in [1.807, 2.05) is 6.07 Å². The van der Waals surface area contributed by atoms with Crippen molar-refractivity contribution in [2.24, 2.45) is 11.8 Å². The second-order valence-electron chi connectivity index (χ2n) is 8.40. The molecule has 7 nitrogen and oxygen atoms in total. The van der Waals surface area contributed by atoms with E-state index in [0.29, 0.717) is 30.7 Å². The number of benzene rings is 1. The third-order valence-corrected chi connectivity index (χ3v) is 6.37. The molecule has 2 aliphatic carbocycles. The molecule has 1 N–H and O–H groups in total. The number of hydrogen-bond acceptors (Lipinski definition) is 6. The van der Waals surface area contributed by atoms with Crippen molar-refractivity contribution in [2.75, 3.05) is 6.54 Å². The van der Waals surface area contributed by atoms with E-state index in [1.54, 1.807) is 19.1 Å². The van der Waals surface area contributed by atoms with E-state index in [4.69, 9.17) is 9.15 Å². The predicted molar refractivity (Wildman–Crippen MR) is 108 cm³/mol. The van der Waals surface area contributed by atoms with Gasteiger partial charge in [-0.15, -0.1) is 0 Å². The molecule has 30 heavy (non-hydrogen) atoms. The average molecular weight is 412 g/mol. The second kappa shape index (κ2) is 8.50. The highest BCUT2D eigenvalue weighted by atomic mass is 16.5. The van der Waals surface area contributed by atoms with Crippen molar-refractivity contribution in [3.8, 4) is 5.75 Å². The van der Waals surface area contributed by atoms with Crippen LogP contribution in [0.4, 0.5) is 0 Å². The molecule has 1 atom stereocenters. The Morgan fingerprint density at radius 1 is 1.20 bits per heavy atom. The summed E-state index contributed by atoms with van der Waals surface area (Å²) in [5, 5.41) is 14.8. The Labute approximate surface area is 174 Å². The lowest BCUT2D eigenvalue weighted by Crippen LogP contribution is -2.40. The molecule has 7 heteroatoms. The van der Waals surface area contributed by atoms with Crippen LogP contribution in [-0.4, -0.2) is 24.5 Å². The van der Waals surface area contributed by atoms with Crippen LogP contribution in [-0.2, 0) is 22.4 Å². The van der Waals surface area contributed by atoms with Crippen molar-refractivity contribution in [1.82, 2.24) is 5.32 Å². The average Bonchev–Trinajstić information content (AvgIpc) is 3.23. The summed E-state index contributed by atoms with van der Waals surface area (Å²) in [4.78, 5) is 35.5. The van der Waals surface area contributed by atoms with Crippen LogP contribution in [0, 0.1) is 11.8 Å². The minimum atomic E-state index is -0.976. The van der Waals surface area contributed by atoms with E-state index in [1.165, 1.54) is 0 Å². The highest BCUT2D eigenvalue weighted by molar-refractivity contribution is 5.84. The van der Waals surface area contributed by atoms with E-state index in [9.17, 15) is 19.5 Å². The number of hydrogen-bond donors (Lipinski definition) is 1. The van der Waals surface area contributed by atoms with E-state index >= 15 is 0 Å². The van der Waals surface area contributed by atoms with Gasteiger partial charge in [0.2, 0.25) is 0 Å². The molecule has 0 radical (unpaired) electrons. The van der Waals surface area contributed by atoms with Gasteiger partial charge in [0.05, 0.1) is 0 Å². The van der Waals surface area contributed by atoms with Crippen LogP contribution in [0.1, 0.15) is 50.2 Å². The Balaban J connectivity index is 1.34. The van der Waals surface area contributed by atoms with Gasteiger partial charge in [-0.1, -0.05) is 0 Å². The fraction of sp³-hybridized carbons (Fsp3) is 0.522. The SMILES string of the molecule is C[C@H](Oc1ccc2c3c(c(=O)oc2c1)CCC3)C(=O)NCC1CCC(C(=O)[O-])CC1. The van der Waals surface area contributed by atoms with Crippen LogP contribution in [0.25, 0.3) is 11.0 Å². The van der Waals surface area contributed by atoms with Crippen molar-refractivity contribution in [3.05, 3.63) is 39.7 Å². The Hall–Kier alpha value is -2.83. The maximum absolute atomic E-state index is 12.4. The van der Waals surface area contributed by atoms with Gasteiger partial charge in [-0.2, -0.15) is 0 Å². The molecule has 1 aromatic carbocycles. The lowest BCUT2D eigenvalue weighted by Gasteiger charge is -2.29. The van der Waals surface area contributed by atoms with Crippen LogP contribution in [0.2, 0.25) is 0 Å². The molecule has 1 heterocycles. The molecule has 2 aromatic rings. The summed E-state index contributed by atoms with van der Waals surface area (Å²) < 4.78 is 11.2. The molecular formula is C23H26NO6-. The van der Waals surface area contributed by atoms with Crippen molar-refractivity contribution in [2.45, 2.75) is 58.0 Å². The van der Waals surface area contributed by atoms with Crippen molar-refractivity contribution < 1.29 is 23.8 Å². The Morgan fingerprint density at radius 2 is 1.93 bits per heavy atom. The zero-order valence-electron chi connectivity index (χ0n) is 17.1. The number of aryl methyl sites for hydroxylation is 1. The molecule has 0 unspecified atom stereocenters. The first kappa shape index (κ1) is 20.4. The van der Waals surface area contributed by atoms with Gasteiger partial charge in [-0.25, -0.2) is 4.79 Å². The topological polar surface area (TPSA) is 109 Å². The van der Waals surface area contributed by atoms with Gasteiger partial charge < -0.3 is 24.4 Å². The van der Waals surface area contributed by atoms with E-state index in [2.05, 4.69) is 5.32 Å². The first-order valence-electron chi connectivity index (χ1n) is 10.7. The van der Waals surface area contributed by atoms with E-state index in [0.717, 1.165) is 48.6 Å². The minimum absolute atomic E-state index is 0.229. The number of carboxylic acid groups (broad SMARTS) is 1. The molecule has 1 amide bonds. The quantitative estimate of drug-likeness (QED) is 0.724. The number of aliphatic carboxylic acids is 1. The van der Waals surface area contributed by atoms with Crippen LogP contribution >= 0.6 is 0 Å². The zero-order valence-corrected chi connectivity index (χ0v) is 17.1. The number of rotatable bonds is 6. The van der Waals surface area contributed by atoms with Gasteiger partial charge >= 0.3 is 5.63 Å². The highest BCUT2D eigenvalue weighted by Crippen LogP contribution is 2.30. The van der Waals surface area contributed by atoms with Crippen LogP contribution in [0.5, 0.6) is 5.75 Å². The van der Waals surface area contributed by atoms with Gasteiger partial charge in [-0.05, 0) is 81.4 Å². The van der Waals surface area contributed by atoms with Gasteiger partial charge in [0.25, 0.3) is 5.91 Å². The summed E-state index contributed by atoms with van der Waals surface area (Å²) in [6.45, 7) is 2.18. The monoisotopic (exact) mass is 412 g/mol. The molecule has 1 fully saturated rings. The molecule has 1 saturated carbocycles. The summed E-state index contributed by atoms with van der Waals surface area (Å²) in [5.41, 5.74) is 2.03. The number of fused-ring (bicyclic) bond motifs is 3. The van der Waals surface area contributed by atoms with Crippen LogP contribution < -0.4 is 20.8 Å². The zero-order chi connectivity index (χ0) is 21.3. The predicted octanol–water partition coefficient (Wildman–Crippen LogP) is 1.72. The molecule has 160 valence electrons. The molecule has 0 saturated heterocycles. The van der Waals surface area contributed by atoms with Crippen molar-refractivity contribution in [1.29, 1.82) is 0 Å². The van der Waals surface area contributed by atoms with Gasteiger partial charge in [-0.3, -0.25) is 4.79 Å². The fourth-order valence-corrected chi connectivity index (χ4v) is 4.59. The summed E-state index contributed by atoms with van der Waals surface area (Å²) in [6.07, 6.45) is 4.62. The van der Waals surface area contributed by atoms with Crippen molar-refractivity contribution in [3.63, 3.8) is 0 Å². The number of nitrogens with one attached hydrogen (secondary N) is 1. The Kier molecular flexibility index (Phi) is 5.79. The first-order valence-corrected chi connectivity index (χ1v) is 10.7. The summed E-state index contributed by atoms with van der Waals surface area (Å²) in [5.74, 6) is -0.828. The minimum Gasteiger partial charge on any atom is -0.550 e. The van der Waals surface area contributed by atoms with Crippen molar-refractivity contribution >= 4 is 22.8 Å². The molecule has 2 aliphatic rings. The standard InChI is InChI=1S/C23H27NO6/c1-13(21(25)24-12-14-5-7-15(8-6-14)22(26)27)29-16-9-10-18-17-3-2-4-19(17)23(28)30-20(18)11-16/h9-11,13-15H,2-8,12H2,1H3,(H,24,25)(H,26,27)/p-1/t13-,14?,15?/m0/s1. The fourth-order valence-electron chi connectivity index (χ4n) is 4.59. The molecule has 0 bridgehead atoms. The molecule has 0 spiro atoms. The van der Waals surface area contributed by atoms with E-state index < -0.39 is 12.1 Å².